The molecule has 1 aliphatic rings. The normalized spacial score (nSPS) is 18.8. The van der Waals surface area contributed by atoms with Crippen LogP contribution in [0.25, 0.3) is 0 Å². The molecule has 1 aromatic carbocycles. The zero-order chi connectivity index (χ0) is 13.0. The third-order valence-electron chi connectivity index (χ3n) is 3.98. The Hall–Kier alpha value is 0.390. The summed E-state index contributed by atoms with van der Waals surface area (Å²) in [5.74, 6) is 0.904. The Morgan fingerprint density at radius 2 is 2.06 bits per heavy atom. The maximum Gasteiger partial charge on any atom is 0.0331 e. The number of hydrogen-bond acceptors (Lipinski definition) is 1. The van der Waals surface area contributed by atoms with Crippen molar-refractivity contribution in [1.29, 1.82) is 0 Å². The molecule has 1 saturated carbocycles. The second-order valence-corrected chi connectivity index (χ2v) is 7.35. The van der Waals surface area contributed by atoms with Crippen LogP contribution in [0.1, 0.15) is 50.1 Å². The van der Waals surface area contributed by atoms with Gasteiger partial charge in [0.2, 0.25) is 0 Å². The van der Waals surface area contributed by atoms with Crippen molar-refractivity contribution >= 4 is 38.5 Å². The molecule has 0 bridgehead atoms. The molecule has 1 aliphatic carbocycles. The molecule has 0 amide bonds. The molecule has 0 aliphatic heterocycles. The number of hydrogen-bond donors (Lipinski definition) is 1. The molecule has 2 rings (SSSR count). The smallest absolute Gasteiger partial charge is 0.0331 e. The van der Waals surface area contributed by atoms with Gasteiger partial charge in [0.1, 0.15) is 0 Å². The van der Waals surface area contributed by atoms with E-state index in [4.69, 9.17) is 0 Å². The Bertz CT molecular complexity index is 388. The lowest BCUT2D eigenvalue weighted by atomic mass is 9.83. The highest BCUT2D eigenvalue weighted by Crippen LogP contribution is 2.34. The third-order valence-corrected chi connectivity index (χ3v) is 5.37. The molecule has 1 atom stereocenters. The highest BCUT2D eigenvalue weighted by molar-refractivity contribution is 14.1. The minimum atomic E-state index is 0.484. The quantitative estimate of drug-likeness (QED) is 0.651. The van der Waals surface area contributed by atoms with Crippen LogP contribution in [0.2, 0.25) is 0 Å². The molecule has 1 nitrogen and oxygen atoms in total. The minimum absolute atomic E-state index is 0.484. The summed E-state index contributed by atoms with van der Waals surface area (Å²) >= 11 is 6.09. The topological polar surface area (TPSA) is 12.0 Å². The fourth-order valence-electron chi connectivity index (χ4n) is 2.94. The zero-order valence-electron chi connectivity index (χ0n) is 10.9. The number of benzene rings is 1. The van der Waals surface area contributed by atoms with E-state index in [-0.39, 0.29) is 0 Å². The first-order chi connectivity index (χ1) is 8.70. The van der Waals surface area contributed by atoms with E-state index < -0.39 is 0 Å². The average molecular weight is 422 g/mol. The summed E-state index contributed by atoms with van der Waals surface area (Å²) in [5.41, 5.74) is 1.41. The summed E-state index contributed by atoms with van der Waals surface area (Å²) in [6, 6.07) is 7.11. The van der Waals surface area contributed by atoms with Crippen molar-refractivity contribution in [2.24, 2.45) is 5.92 Å². The van der Waals surface area contributed by atoms with Gasteiger partial charge >= 0.3 is 0 Å². The van der Waals surface area contributed by atoms with E-state index in [1.54, 1.807) is 0 Å². The molecule has 1 unspecified atom stereocenters. The van der Waals surface area contributed by atoms with Crippen LogP contribution < -0.4 is 5.32 Å². The first-order valence-electron chi connectivity index (χ1n) is 6.83. The van der Waals surface area contributed by atoms with Crippen molar-refractivity contribution in [3.8, 4) is 0 Å². The largest absolute Gasteiger partial charge is 0.313 e. The summed E-state index contributed by atoms with van der Waals surface area (Å²) in [4.78, 5) is 0. The first kappa shape index (κ1) is 14.8. The van der Waals surface area contributed by atoms with Gasteiger partial charge in [0.15, 0.2) is 0 Å². The van der Waals surface area contributed by atoms with Crippen molar-refractivity contribution in [3.63, 3.8) is 0 Å². The van der Waals surface area contributed by atoms with E-state index in [1.165, 1.54) is 52.1 Å². The van der Waals surface area contributed by atoms with Gasteiger partial charge in [-0.2, -0.15) is 0 Å². The lowest BCUT2D eigenvalue weighted by Crippen LogP contribution is -2.21. The molecule has 3 heteroatoms. The van der Waals surface area contributed by atoms with Crippen LogP contribution in [-0.2, 0) is 0 Å². The lowest BCUT2D eigenvalue weighted by Gasteiger charge is -2.27. The van der Waals surface area contributed by atoms with Gasteiger partial charge in [-0.1, -0.05) is 48.0 Å². The van der Waals surface area contributed by atoms with Gasteiger partial charge in [-0.25, -0.2) is 0 Å². The predicted octanol–water partition coefficient (Wildman–Crippen LogP) is 5.28. The van der Waals surface area contributed by atoms with Gasteiger partial charge in [-0.05, 0) is 65.7 Å². The first-order valence-corrected chi connectivity index (χ1v) is 8.70. The van der Waals surface area contributed by atoms with E-state index in [2.05, 4.69) is 69.1 Å². The van der Waals surface area contributed by atoms with Gasteiger partial charge in [-0.3, -0.25) is 0 Å². The van der Waals surface area contributed by atoms with Gasteiger partial charge < -0.3 is 5.32 Å². The Kier molecular flexibility index (Phi) is 5.96. The van der Waals surface area contributed by atoms with Crippen LogP contribution in [0.3, 0.4) is 0 Å². The Morgan fingerprint density at radius 1 is 1.33 bits per heavy atom. The van der Waals surface area contributed by atoms with Gasteiger partial charge in [-0.15, -0.1) is 0 Å². The molecule has 0 aromatic heterocycles. The van der Waals surface area contributed by atoms with Crippen molar-refractivity contribution in [2.75, 3.05) is 7.05 Å². The van der Waals surface area contributed by atoms with Crippen molar-refractivity contribution < 1.29 is 0 Å². The number of halogens is 2. The molecule has 1 fully saturated rings. The summed E-state index contributed by atoms with van der Waals surface area (Å²) in [6.07, 6.45) is 8.39. The van der Waals surface area contributed by atoms with Gasteiger partial charge in [0.05, 0.1) is 0 Å². The third kappa shape index (κ3) is 3.94. The Balaban J connectivity index is 2.09. The summed E-state index contributed by atoms with van der Waals surface area (Å²) < 4.78 is 2.55. The summed E-state index contributed by atoms with van der Waals surface area (Å²) in [6.45, 7) is 0. The summed E-state index contributed by atoms with van der Waals surface area (Å²) in [7, 11) is 2.08. The van der Waals surface area contributed by atoms with Gasteiger partial charge in [0.25, 0.3) is 0 Å². The molecule has 18 heavy (non-hydrogen) atoms. The van der Waals surface area contributed by atoms with Crippen molar-refractivity contribution in [2.45, 2.75) is 44.6 Å². The fraction of sp³-hybridized carbons (Fsp3) is 0.600. The fourth-order valence-corrected chi connectivity index (χ4v) is 3.98. The Morgan fingerprint density at radius 3 is 2.72 bits per heavy atom. The molecular formula is C15H21BrIN. The van der Waals surface area contributed by atoms with Crippen LogP contribution in [0.15, 0.2) is 22.7 Å². The molecule has 100 valence electrons. The molecule has 1 aromatic rings. The number of rotatable bonds is 4. The molecule has 0 saturated heterocycles. The Labute approximate surface area is 132 Å². The monoisotopic (exact) mass is 421 g/mol. The molecule has 0 spiro atoms. The predicted molar refractivity (Wildman–Crippen MR) is 89.9 cm³/mol. The zero-order valence-corrected chi connectivity index (χ0v) is 14.6. The minimum Gasteiger partial charge on any atom is -0.313 e. The van der Waals surface area contributed by atoms with Crippen molar-refractivity contribution in [1.82, 2.24) is 5.32 Å². The van der Waals surface area contributed by atoms with E-state index >= 15 is 0 Å². The maximum atomic E-state index is 3.69. The SMILES string of the molecule is CNC(CC1CCCCC1)c1cc(I)ccc1Br. The maximum absolute atomic E-state index is 3.69. The van der Waals surface area contributed by atoms with Gasteiger partial charge in [0, 0.05) is 14.1 Å². The molecular weight excluding hydrogens is 401 g/mol. The standard InChI is InChI=1S/C15H21BrIN/c1-18-15(9-11-5-3-2-4-6-11)13-10-12(17)7-8-14(13)16/h7-8,10-11,15,18H,2-6,9H2,1H3. The van der Waals surface area contributed by atoms with E-state index in [0.717, 1.165) is 5.92 Å². The van der Waals surface area contributed by atoms with Crippen LogP contribution in [0.5, 0.6) is 0 Å². The van der Waals surface area contributed by atoms with E-state index in [9.17, 15) is 0 Å². The van der Waals surface area contributed by atoms with Crippen molar-refractivity contribution in [3.05, 3.63) is 31.8 Å². The molecule has 0 radical (unpaired) electrons. The van der Waals surface area contributed by atoms with Crippen LogP contribution in [-0.4, -0.2) is 7.05 Å². The highest BCUT2D eigenvalue weighted by Gasteiger charge is 2.20. The van der Waals surface area contributed by atoms with E-state index in [0.29, 0.717) is 6.04 Å². The average Bonchev–Trinajstić information content (AvgIpc) is 2.40. The number of nitrogens with one attached hydrogen (secondary N) is 1. The lowest BCUT2D eigenvalue weighted by molar-refractivity contribution is 0.305. The molecule has 0 heterocycles. The highest BCUT2D eigenvalue weighted by atomic mass is 127. The van der Waals surface area contributed by atoms with Crippen LogP contribution in [0, 0.1) is 9.49 Å². The van der Waals surface area contributed by atoms with Crippen LogP contribution in [0.4, 0.5) is 0 Å². The summed E-state index contributed by atoms with van der Waals surface area (Å²) in [5, 5.41) is 3.50. The second kappa shape index (κ2) is 7.25. The molecule has 1 N–H and O–H groups in total. The van der Waals surface area contributed by atoms with Crippen LogP contribution >= 0.6 is 38.5 Å². The second-order valence-electron chi connectivity index (χ2n) is 5.25. The van der Waals surface area contributed by atoms with E-state index in [1.807, 2.05) is 0 Å².